The van der Waals surface area contributed by atoms with E-state index < -0.39 is 0 Å². The first-order valence-electron chi connectivity index (χ1n) is 8.31. The summed E-state index contributed by atoms with van der Waals surface area (Å²) in [6.45, 7) is 5.43. The first kappa shape index (κ1) is 18.3. The van der Waals surface area contributed by atoms with Crippen LogP contribution in [0, 0.1) is 6.92 Å². The molecule has 0 bridgehead atoms. The molecule has 1 atom stereocenters. The molecular formula is C19H26N2O2S. The summed E-state index contributed by atoms with van der Waals surface area (Å²) in [5, 5.41) is 5.00. The van der Waals surface area contributed by atoms with Gasteiger partial charge in [0.05, 0.1) is 12.6 Å². The number of benzene rings is 1. The number of carbonyl (C=O) groups excluding carboxylic acids is 1. The van der Waals surface area contributed by atoms with Crippen LogP contribution in [0.4, 0.5) is 4.79 Å². The Balaban J connectivity index is 1.59. The SMILES string of the molecule is Cc1ccc(OCCCCNC(=O)N(C)C(C)c2cccs2)cc1. The summed E-state index contributed by atoms with van der Waals surface area (Å²) >= 11 is 1.67. The van der Waals surface area contributed by atoms with E-state index >= 15 is 0 Å². The zero-order chi connectivity index (χ0) is 17.4. The van der Waals surface area contributed by atoms with Crippen LogP contribution in [0.15, 0.2) is 41.8 Å². The highest BCUT2D eigenvalue weighted by Gasteiger charge is 2.17. The van der Waals surface area contributed by atoms with E-state index in [-0.39, 0.29) is 12.1 Å². The lowest BCUT2D eigenvalue weighted by molar-refractivity contribution is 0.194. The molecule has 1 aromatic carbocycles. The van der Waals surface area contributed by atoms with E-state index in [0.717, 1.165) is 18.6 Å². The second-order valence-corrected chi connectivity index (χ2v) is 6.88. The molecular weight excluding hydrogens is 320 g/mol. The molecule has 1 aromatic heterocycles. The van der Waals surface area contributed by atoms with Crippen LogP contribution in [0.2, 0.25) is 0 Å². The number of hydrogen-bond acceptors (Lipinski definition) is 3. The largest absolute Gasteiger partial charge is 0.494 e. The molecule has 1 unspecified atom stereocenters. The quantitative estimate of drug-likeness (QED) is 0.709. The molecule has 0 aliphatic heterocycles. The van der Waals surface area contributed by atoms with Crippen LogP contribution in [-0.2, 0) is 0 Å². The smallest absolute Gasteiger partial charge is 0.317 e. The Morgan fingerprint density at radius 2 is 2.00 bits per heavy atom. The molecule has 0 aliphatic carbocycles. The molecule has 0 saturated carbocycles. The Hall–Kier alpha value is -2.01. The first-order valence-corrected chi connectivity index (χ1v) is 9.19. The second kappa shape index (κ2) is 9.33. The van der Waals surface area contributed by atoms with Crippen molar-refractivity contribution in [3.05, 3.63) is 52.2 Å². The maximum Gasteiger partial charge on any atom is 0.317 e. The highest BCUT2D eigenvalue weighted by atomic mass is 32.1. The van der Waals surface area contributed by atoms with E-state index in [2.05, 4.69) is 18.3 Å². The van der Waals surface area contributed by atoms with Crippen molar-refractivity contribution in [3.8, 4) is 5.75 Å². The van der Waals surface area contributed by atoms with Gasteiger partial charge >= 0.3 is 6.03 Å². The maximum absolute atomic E-state index is 12.2. The Labute approximate surface area is 148 Å². The highest BCUT2D eigenvalue weighted by Crippen LogP contribution is 2.23. The lowest BCUT2D eigenvalue weighted by atomic mass is 10.2. The number of urea groups is 1. The van der Waals surface area contributed by atoms with Crippen molar-refractivity contribution in [1.29, 1.82) is 0 Å². The van der Waals surface area contributed by atoms with Gasteiger partial charge in [-0.05, 0) is 50.3 Å². The number of amides is 2. The normalized spacial score (nSPS) is 11.8. The monoisotopic (exact) mass is 346 g/mol. The number of unbranched alkanes of at least 4 members (excludes halogenated alkanes) is 1. The van der Waals surface area contributed by atoms with Gasteiger partial charge in [-0.3, -0.25) is 0 Å². The third-order valence-electron chi connectivity index (χ3n) is 3.99. The van der Waals surface area contributed by atoms with E-state index in [4.69, 9.17) is 4.74 Å². The van der Waals surface area contributed by atoms with Crippen LogP contribution in [0.25, 0.3) is 0 Å². The molecule has 130 valence electrons. The highest BCUT2D eigenvalue weighted by molar-refractivity contribution is 7.10. The molecule has 24 heavy (non-hydrogen) atoms. The van der Waals surface area contributed by atoms with Crippen molar-refractivity contribution in [1.82, 2.24) is 10.2 Å². The molecule has 0 aliphatic rings. The summed E-state index contributed by atoms with van der Waals surface area (Å²) in [5.74, 6) is 0.897. The zero-order valence-electron chi connectivity index (χ0n) is 14.6. The molecule has 0 saturated heterocycles. The Bertz CT molecular complexity index is 611. The standard InChI is InChI=1S/C19H26N2O2S/c1-15-8-10-17(11-9-15)23-13-5-4-12-20-19(22)21(3)16(2)18-7-6-14-24-18/h6-11,14,16H,4-5,12-13H2,1-3H3,(H,20,22). The summed E-state index contributed by atoms with van der Waals surface area (Å²) in [4.78, 5) is 15.1. The van der Waals surface area contributed by atoms with Gasteiger partial charge in [-0.2, -0.15) is 0 Å². The van der Waals surface area contributed by atoms with Gasteiger partial charge in [-0.1, -0.05) is 23.8 Å². The minimum atomic E-state index is -0.0321. The Kier molecular flexibility index (Phi) is 7.12. The van der Waals surface area contributed by atoms with Crippen molar-refractivity contribution < 1.29 is 9.53 Å². The van der Waals surface area contributed by atoms with Gasteiger partial charge in [-0.15, -0.1) is 11.3 Å². The van der Waals surface area contributed by atoms with E-state index in [1.807, 2.05) is 49.7 Å². The van der Waals surface area contributed by atoms with Gasteiger partial charge in [0.25, 0.3) is 0 Å². The average molecular weight is 346 g/mol. The topological polar surface area (TPSA) is 41.6 Å². The minimum Gasteiger partial charge on any atom is -0.494 e. The lowest BCUT2D eigenvalue weighted by Gasteiger charge is -2.24. The number of nitrogens with one attached hydrogen (secondary N) is 1. The molecule has 0 radical (unpaired) electrons. The number of hydrogen-bond donors (Lipinski definition) is 1. The van der Waals surface area contributed by atoms with Crippen LogP contribution in [0.3, 0.4) is 0 Å². The van der Waals surface area contributed by atoms with Crippen LogP contribution in [0.1, 0.15) is 36.2 Å². The van der Waals surface area contributed by atoms with Gasteiger partial charge < -0.3 is 15.0 Å². The zero-order valence-corrected chi connectivity index (χ0v) is 15.4. The van der Waals surface area contributed by atoms with Crippen LogP contribution < -0.4 is 10.1 Å². The first-order chi connectivity index (χ1) is 11.6. The van der Waals surface area contributed by atoms with E-state index in [1.54, 1.807) is 16.2 Å². The predicted molar refractivity (Wildman–Crippen MR) is 99.8 cm³/mol. The number of thiophene rings is 1. The molecule has 5 heteroatoms. The van der Waals surface area contributed by atoms with Crippen molar-refractivity contribution >= 4 is 17.4 Å². The van der Waals surface area contributed by atoms with Crippen molar-refractivity contribution in [2.24, 2.45) is 0 Å². The molecule has 0 fully saturated rings. The predicted octanol–water partition coefficient (Wildman–Crippen LogP) is 4.62. The van der Waals surface area contributed by atoms with Crippen LogP contribution >= 0.6 is 11.3 Å². The average Bonchev–Trinajstić information content (AvgIpc) is 3.12. The summed E-state index contributed by atoms with van der Waals surface area (Å²) in [6, 6.07) is 12.2. The molecule has 0 spiro atoms. The van der Waals surface area contributed by atoms with Gasteiger partial charge in [0.1, 0.15) is 5.75 Å². The number of rotatable bonds is 8. The molecule has 2 amide bonds. The van der Waals surface area contributed by atoms with Gasteiger partial charge in [-0.25, -0.2) is 4.79 Å². The van der Waals surface area contributed by atoms with E-state index in [1.165, 1.54) is 10.4 Å². The molecule has 1 N–H and O–H groups in total. The molecule has 1 heterocycles. The Morgan fingerprint density at radius 3 is 2.67 bits per heavy atom. The van der Waals surface area contributed by atoms with Gasteiger partial charge in [0.2, 0.25) is 0 Å². The van der Waals surface area contributed by atoms with Crippen molar-refractivity contribution in [2.45, 2.75) is 32.7 Å². The number of ether oxygens (including phenoxy) is 1. The second-order valence-electron chi connectivity index (χ2n) is 5.90. The molecule has 4 nitrogen and oxygen atoms in total. The third-order valence-corrected chi connectivity index (χ3v) is 5.04. The van der Waals surface area contributed by atoms with E-state index in [0.29, 0.717) is 13.2 Å². The van der Waals surface area contributed by atoms with Gasteiger partial charge in [0, 0.05) is 18.5 Å². The Morgan fingerprint density at radius 1 is 1.25 bits per heavy atom. The summed E-state index contributed by atoms with van der Waals surface area (Å²) < 4.78 is 5.68. The van der Waals surface area contributed by atoms with Gasteiger partial charge in [0.15, 0.2) is 0 Å². The third kappa shape index (κ3) is 5.57. The summed E-state index contributed by atoms with van der Waals surface area (Å²) in [7, 11) is 1.83. The number of nitrogens with zero attached hydrogens (tertiary/aromatic N) is 1. The summed E-state index contributed by atoms with van der Waals surface area (Å²) in [5.41, 5.74) is 1.23. The molecule has 2 aromatic rings. The fraction of sp³-hybridized carbons (Fsp3) is 0.421. The summed E-state index contributed by atoms with van der Waals surface area (Å²) in [6.07, 6.45) is 1.82. The molecule has 2 rings (SSSR count). The minimum absolute atomic E-state index is 0.0321. The maximum atomic E-state index is 12.2. The fourth-order valence-electron chi connectivity index (χ4n) is 2.27. The van der Waals surface area contributed by atoms with Crippen molar-refractivity contribution in [2.75, 3.05) is 20.2 Å². The van der Waals surface area contributed by atoms with Crippen LogP contribution in [-0.4, -0.2) is 31.1 Å². The fourth-order valence-corrected chi connectivity index (χ4v) is 3.09. The lowest BCUT2D eigenvalue weighted by Crippen LogP contribution is -2.39. The number of aryl methyl sites for hydroxylation is 1. The van der Waals surface area contributed by atoms with Crippen molar-refractivity contribution in [3.63, 3.8) is 0 Å². The van der Waals surface area contributed by atoms with E-state index in [9.17, 15) is 4.79 Å². The number of carbonyl (C=O) groups is 1. The van der Waals surface area contributed by atoms with Crippen LogP contribution in [0.5, 0.6) is 5.75 Å².